The van der Waals surface area contributed by atoms with E-state index < -0.39 is 0 Å². The van der Waals surface area contributed by atoms with E-state index in [2.05, 4.69) is 0 Å². The lowest BCUT2D eigenvalue weighted by atomic mass is 9.78. The fraction of sp³-hybridized carbons (Fsp3) is 0.833. The molecule has 2 heteroatoms. The summed E-state index contributed by atoms with van der Waals surface area (Å²) in [5.41, 5.74) is 0. The highest BCUT2D eigenvalue weighted by molar-refractivity contribution is 5.80. The highest BCUT2D eigenvalue weighted by Gasteiger charge is 2.24. The minimum atomic E-state index is 0.00255. The van der Waals surface area contributed by atoms with Crippen molar-refractivity contribution in [3.63, 3.8) is 0 Å². The highest BCUT2D eigenvalue weighted by Crippen LogP contribution is 2.30. The normalized spacial score (nSPS) is 20.4. The van der Waals surface area contributed by atoms with Crippen LogP contribution in [0.5, 0.6) is 0 Å². The molecule has 0 aliphatic heterocycles. The Bertz CT molecular complexity index is 192. The lowest BCUT2D eigenvalue weighted by molar-refractivity contribution is -0.123. The van der Waals surface area contributed by atoms with Gasteiger partial charge in [0.25, 0.3) is 0 Å². The number of hydrogen-bond donors (Lipinski definition) is 0. The molecule has 1 rings (SSSR count). The molecule has 0 spiro atoms. The molecule has 14 heavy (non-hydrogen) atoms. The number of ketones is 1. The Morgan fingerprint density at radius 3 is 2.50 bits per heavy atom. The smallest absolute Gasteiger partial charge is 0.133 e. The summed E-state index contributed by atoms with van der Waals surface area (Å²) < 4.78 is 0. The number of carbonyl (C=O) groups excluding carboxylic acids is 2. The molecule has 1 atom stereocenters. The summed E-state index contributed by atoms with van der Waals surface area (Å²) in [6.45, 7) is 1.87. The zero-order valence-corrected chi connectivity index (χ0v) is 9.00. The first-order valence-electron chi connectivity index (χ1n) is 5.75. The average Bonchev–Trinajstić information content (AvgIpc) is 2.26. The summed E-state index contributed by atoms with van der Waals surface area (Å²) in [4.78, 5) is 22.2. The van der Waals surface area contributed by atoms with Gasteiger partial charge in [-0.05, 0) is 18.8 Å². The summed E-state index contributed by atoms with van der Waals surface area (Å²) in [5, 5.41) is 0. The van der Waals surface area contributed by atoms with Crippen molar-refractivity contribution in [1.82, 2.24) is 0 Å². The molecule has 0 saturated heterocycles. The third kappa shape index (κ3) is 3.24. The van der Waals surface area contributed by atoms with E-state index in [1.807, 2.05) is 6.92 Å². The first-order valence-corrected chi connectivity index (χ1v) is 5.75. The van der Waals surface area contributed by atoms with E-state index in [9.17, 15) is 9.59 Å². The van der Waals surface area contributed by atoms with Gasteiger partial charge in [-0.25, -0.2) is 0 Å². The van der Waals surface area contributed by atoms with Gasteiger partial charge < -0.3 is 4.79 Å². The first kappa shape index (κ1) is 11.4. The molecular formula is C12H20O2. The van der Waals surface area contributed by atoms with Gasteiger partial charge in [-0.1, -0.05) is 26.2 Å². The van der Waals surface area contributed by atoms with Crippen molar-refractivity contribution in [2.24, 2.45) is 11.8 Å². The number of aldehydes is 1. The summed E-state index contributed by atoms with van der Waals surface area (Å²) in [6.07, 6.45) is 8.08. The average molecular weight is 196 g/mol. The summed E-state index contributed by atoms with van der Waals surface area (Å²) in [6, 6.07) is 0. The summed E-state index contributed by atoms with van der Waals surface area (Å²) >= 11 is 0. The van der Waals surface area contributed by atoms with Crippen LogP contribution in [-0.4, -0.2) is 12.1 Å². The third-order valence-electron chi connectivity index (χ3n) is 3.29. The van der Waals surface area contributed by atoms with Gasteiger partial charge >= 0.3 is 0 Å². The number of Topliss-reactive ketones (excluding diaryl/α,β-unsaturated/α-hetero) is 1. The molecule has 80 valence electrons. The number of hydrogen-bond acceptors (Lipinski definition) is 2. The van der Waals surface area contributed by atoms with Gasteiger partial charge in [0.05, 0.1) is 0 Å². The molecule has 1 saturated carbocycles. The predicted molar refractivity (Wildman–Crippen MR) is 56.0 cm³/mol. The van der Waals surface area contributed by atoms with E-state index in [4.69, 9.17) is 0 Å². The van der Waals surface area contributed by atoms with Crippen LogP contribution in [0.4, 0.5) is 0 Å². The van der Waals surface area contributed by atoms with E-state index >= 15 is 0 Å². The molecule has 0 radical (unpaired) electrons. The lowest BCUT2D eigenvalue weighted by Gasteiger charge is -2.26. The molecule has 0 N–H and O–H groups in total. The molecule has 1 aliphatic rings. The van der Waals surface area contributed by atoms with Crippen molar-refractivity contribution in [1.29, 1.82) is 0 Å². The fourth-order valence-electron chi connectivity index (χ4n) is 2.30. The van der Waals surface area contributed by atoms with Crippen molar-refractivity contribution in [2.45, 2.75) is 51.9 Å². The maximum absolute atomic E-state index is 11.3. The summed E-state index contributed by atoms with van der Waals surface area (Å²) in [7, 11) is 0. The van der Waals surface area contributed by atoms with Crippen LogP contribution < -0.4 is 0 Å². The topological polar surface area (TPSA) is 34.1 Å². The van der Waals surface area contributed by atoms with Crippen molar-refractivity contribution in [3.05, 3.63) is 0 Å². The molecular weight excluding hydrogens is 176 g/mol. The van der Waals surface area contributed by atoms with Crippen molar-refractivity contribution >= 4 is 12.1 Å². The standard InChI is InChI=1S/C12H20O2/c1-2-12(14)8-11(9-13)10-6-4-3-5-7-10/h9-11H,2-8H2,1H3. The molecule has 1 aliphatic carbocycles. The third-order valence-corrected chi connectivity index (χ3v) is 3.29. The Morgan fingerprint density at radius 1 is 1.36 bits per heavy atom. The van der Waals surface area contributed by atoms with Crippen LogP contribution in [0.25, 0.3) is 0 Å². The van der Waals surface area contributed by atoms with E-state index in [0.29, 0.717) is 18.8 Å². The zero-order valence-electron chi connectivity index (χ0n) is 9.00. The Kier molecular flexibility index (Phi) is 4.85. The second-order valence-corrected chi connectivity index (χ2v) is 4.29. The minimum Gasteiger partial charge on any atom is -0.303 e. The molecule has 0 bridgehead atoms. The van der Waals surface area contributed by atoms with Crippen LogP contribution in [-0.2, 0) is 9.59 Å². The van der Waals surface area contributed by atoms with Gasteiger partial charge in [0, 0.05) is 18.8 Å². The van der Waals surface area contributed by atoms with Crippen LogP contribution in [0.2, 0.25) is 0 Å². The van der Waals surface area contributed by atoms with E-state index in [1.54, 1.807) is 0 Å². The molecule has 1 unspecified atom stereocenters. The van der Waals surface area contributed by atoms with Crippen molar-refractivity contribution in [3.8, 4) is 0 Å². The van der Waals surface area contributed by atoms with Crippen LogP contribution in [0.3, 0.4) is 0 Å². The summed E-state index contributed by atoms with van der Waals surface area (Å²) in [5.74, 6) is 0.715. The van der Waals surface area contributed by atoms with E-state index in [0.717, 1.165) is 19.1 Å². The Balaban J connectivity index is 2.43. The molecule has 0 heterocycles. The maximum Gasteiger partial charge on any atom is 0.133 e. The molecule has 1 fully saturated rings. The molecule has 0 aromatic heterocycles. The molecule has 0 aromatic rings. The monoisotopic (exact) mass is 196 g/mol. The largest absolute Gasteiger partial charge is 0.303 e. The van der Waals surface area contributed by atoms with E-state index in [-0.39, 0.29) is 11.7 Å². The maximum atomic E-state index is 11.3. The van der Waals surface area contributed by atoms with Crippen molar-refractivity contribution in [2.75, 3.05) is 0 Å². The zero-order chi connectivity index (χ0) is 10.4. The van der Waals surface area contributed by atoms with Crippen LogP contribution >= 0.6 is 0 Å². The van der Waals surface area contributed by atoms with Crippen molar-refractivity contribution < 1.29 is 9.59 Å². The first-order chi connectivity index (χ1) is 6.77. The molecule has 0 aromatic carbocycles. The minimum absolute atomic E-state index is 0.00255. The molecule has 0 amide bonds. The lowest BCUT2D eigenvalue weighted by Crippen LogP contribution is -2.21. The van der Waals surface area contributed by atoms with Crippen LogP contribution in [0.1, 0.15) is 51.9 Å². The number of carbonyl (C=O) groups is 2. The Hall–Kier alpha value is -0.660. The van der Waals surface area contributed by atoms with Crippen LogP contribution in [0.15, 0.2) is 0 Å². The quantitative estimate of drug-likeness (QED) is 0.633. The number of rotatable bonds is 5. The Labute approximate surface area is 86.1 Å². The highest BCUT2D eigenvalue weighted by atomic mass is 16.1. The van der Waals surface area contributed by atoms with E-state index in [1.165, 1.54) is 19.3 Å². The van der Waals surface area contributed by atoms with Crippen LogP contribution in [0, 0.1) is 11.8 Å². The van der Waals surface area contributed by atoms with Gasteiger partial charge in [-0.15, -0.1) is 0 Å². The Morgan fingerprint density at radius 2 is 2.00 bits per heavy atom. The molecule has 2 nitrogen and oxygen atoms in total. The van der Waals surface area contributed by atoms with Gasteiger partial charge in [0.1, 0.15) is 12.1 Å². The van der Waals surface area contributed by atoms with Gasteiger partial charge in [-0.2, -0.15) is 0 Å². The predicted octanol–water partition coefficient (Wildman–Crippen LogP) is 2.75. The SMILES string of the molecule is CCC(=O)CC(C=O)C1CCCCC1. The second kappa shape index (κ2) is 5.94. The van der Waals surface area contributed by atoms with Gasteiger partial charge in [-0.3, -0.25) is 4.79 Å². The second-order valence-electron chi connectivity index (χ2n) is 4.29. The fourth-order valence-corrected chi connectivity index (χ4v) is 2.30. The van der Waals surface area contributed by atoms with Gasteiger partial charge in [0.2, 0.25) is 0 Å². The van der Waals surface area contributed by atoms with Gasteiger partial charge in [0.15, 0.2) is 0 Å².